The minimum Gasteiger partial charge on any atom is -0.490 e. The summed E-state index contributed by atoms with van der Waals surface area (Å²) in [5, 5.41) is 6.64. The maximum absolute atomic E-state index is 5.78. The van der Waals surface area contributed by atoms with Crippen molar-refractivity contribution in [2.75, 3.05) is 44.9 Å². The number of guanidine groups is 1. The van der Waals surface area contributed by atoms with E-state index in [9.17, 15) is 0 Å². The van der Waals surface area contributed by atoms with Crippen molar-refractivity contribution in [1.29, 1.82) is 0 Å². The van der Waals surface area contributed by atoms with Gasteiger partial charge in [0, 0.05) is 31.3 Å². The number of fused-ring (bicyclic) bond motifs is 1. The fourth-order valence-electron chi connectivity index (χ4n) is 3.13. The van der Waals surface area contributed by atoms with Crippen molar-refractivity contribution in [3.8, 4) is 11.5 Å². The van der Waals surface area contributed by atoms with Gasteiger partial charge in [-0.15, -0.1) is 24.0 Å². The van der Waals surface area contributed by atoms with Crippen LogP contribution in [0.4, 0.5) is 5.69 Å². The van der Waals surface area contributed by atoms with Crippen LogP contribution in [0.1, 0.15) is 31.4 Å². The van der Waals surface area contributed by atoms with Gasteiger partial charge in [0.2, 0.25) is 0 Å². The number of benzene rings is 2. The lowest BCUT2D eigenvalue weighted by Gasteiger charge is -2.14. The Morgan fingerprint density at radius 1 is 0.969 bits per heavy atom. The summed E-state index contributed by atoms with van der Waals surface area (Å²) in [5.41, 5.74) is 3.16. The van der Waals surface area contributed by atoms with Gasteiger partial charge in [0.15, 0.2) is 17.5 Å². The molecule has 1 aliphatic heterocycles. The topological polar surface area (TPSA) is 73.3 Å². The first kappa shape index (κ1) is 26.2. The molecule has 32 heavy (non-hydrogen) atoms. The van der Waals surface area contributed by atoms with Gasteiger partial charge in [0.1, 0.15) is 0 Å². The molecule has 0 saturated carbocycles. The van der Waals surface area contributed by atoms with Gasteiger partial charge >= 0.3 is 0 Å². The van der Waals surface area contributed by atoms with E-state index in [1.165, 1.54) is 0 Å². The highest BCUT2D eigenvalue weighted by Crippen LogP contribution is 2.32. The van der Waals surface area contributed by atoms with E-state index in [4.69, 9.17) is 23.9 Å². The highest BCUT2D eigenvalue weighted by molar-refractivity contribution is 14.0. The zero-order valence-corrected chi connectivity index (χ0v) is 21.2. The molecule has 0 spiro atoms. The van der Waals surface area contributed by atoms with E-state index < -0.39 is 0 Å². The second-order valence-electron chi connectivity index (χ2n) is 7.10. The van der Waals surface area contributed by atoms with Crippen molar-refractivity contribution in [3.05, 3.63) is 53.6 Å². The summed E-state index contributed by atoms with van der Waals surface area (Å²) >= 11 is 0. The van der Waals surface area contributed by atoms with Crippen molar-refractivity contribution >= 4 is 35.6 Å². The molecule has 0 atom stereocenters. The summed E-state index contributed by atoms with van der Waals surface area (Å²) in [6, 6.07) is 14.2. The molecule has 0 saturated heterocycles. The number of hydrogen-bond donors (Lipinski definition) is 2. The number of ether oxygens (including phenoxy) is 4. The first-order valence-corrected chi connectivity index (χ1v) is 11.0. The standard InChI is InChI=1S/C24H33N3O4.HI/c1-3-25-24(27-21-9-10-22-23(16-21)31-12-6-11-30-22)26-17-19-7-5-8-20(15-19)18-29-14-13-28-4-2;/h5,7-10,15-16H,3-4,6,11-14,17-18H2,1-2H3,(H2,25,26,27);1H. The van der Waals surface area contributed by atoms with E-state index in [-0.39, 0.29) is 24.0 Å². The number of hydrogen-bond acceptors (Lipinski definition) is 5. The molecule has 0 fully saturated rings. The Morgan fingerprint density at radius 3 is 2.56 bits per heavy atom. The van der Waals surface area contributed by atoms with Crippen molar-refractivity contribution in [1.82, 2.24) is 5.32 Å². The molecule has 0 amide bonds. The van der Waals surface area contributed by atoms with E-state index in [1.54, 1.807) is 0 Å². The molecule has 8 heteroatoms. The highest BCUT2D eigenvalue weighted by atomic mass is 127. The zero-order chi connectivity index (χ0) is 21.7. The van der Waals surface area contributed by atoms with Gasteiger partial charge in [0.25, 0.3) is 0 Å². The van der Waals surface area contributed by atoms with Gasteiger partial charge in [-0.05, 0) is 37.1 Å². The van der Waals surface area contributed by atoms with Gasteiger partial charge in [-0.2, -0.15) is 0 Å². The molecule has 7 nitrogen and oxygen atoms in total. The number of nitrogens with zero attached hydrogens (tertiary/aromatic N) is 1. The summed E-state index contributed by atoms with van der Waals surface area (Å²) in [5.74, 6) is 2.26. The zero-order valence-electron chi connectivity index (χ0n) is 18.9. The summed E-state index contributed by atoms with van der Waals surface area (Å²) in [4.78, 5) is 4.73. The van der Waals surface area contributed by atoms with Crippen LogP contribution in [0.25, 0.3) is 0 Å². The molecule has 176 valence electrons. The summed E-state index contributed by atoms with van der Waals surface area (Å²) in [6.45, 7) is 9.21. The van der Waals surface area contributed by atoms with Crippen LogP contribution in [0.5, 0.6) is 11.5 Å². The number of nitrogens with one attached hydrogen (secondary N) is 2. The SMILES string of the molecule is CCNC(=NCc1cccc(COCCOCC)c1)Nc1ccc2c(c1)OCCCO2.I. The maximum atomic E-state index is 5.78. The van der Waals surface area contributed by atoms with Crippen LogP contribution >= 0.6 is 24.0 Å². The van der Waals surface area contributed by atoms with Gasteiger partial charge in [-0.3, -0.25) is 0 Å². The molecule has 2 aromatic rings. The Labute approximate surface area is 207 Å². The molecule has 0 aromatic heterocycles. The lowest BCUT2D eigenvalue weighted by molar-refractivity contribution is 0.0453. The second kappa shape index (κ2) is 14.9. The van der Waals surface area contributed by atoms with E-state index >= 15 is 0 Å². The smallest absolute Gasteiger partial charge is 0.196 e. The van der Waals surface area contributed by atoms with Crippen LogP contribution in [0.2, 0.25) is 0 Å². The maximum Gasteiger partial charge on any atom is 0.196 e. The Kier molecular flexibility index (Phi) is 12.2. The molecule has 2 N–H and O–H groups in total. The molecule has 0 aliphatic carbocycles. The lowest BCUT2D eigenvalue weighted by Crippen LogP contribution is -2.30. The largest absolute Gasteiger partial charge is 0.490 e. The van der Waals surface area contributed by atoms with Gasteiger partial charge in [0.05, 0.1) is 39.6 Å². The molecule has 0 bridgehead atoms. The quantitative estimate of drug-likeness (QED) is 0.193. The predicted molar refractivity (Wildman–Crippen MR) is 138 cm³/mol. The van der Waals surface area contributed by atoms with E-state index in [0.717, 1.165) is 47.2 Å². The fraction of sp³-hybridized carbons (Fsp3) is 0.458. The predicted octanol–water partition coefficient (Wildman–Crippen LogP) is 4.60. The van der Waals surface area contributed by atoms with Crippen molar-refractivity contribution < 1.29 is 18.9 Å². The minimum atomic E-state index is 0. The summed E-state index contributed by atoms with van der Waals surface area (Å²) < 4.78 is 22.4. The van der Waals surface area contributed by atoms with E-state index in [1.807, 2.05) is 38.1 Å². The molecule has 0 unspecified atom stereocenters. The first-order valence-electron chi connectivity index (χ1n) is 11.0. The normalized spacial score (nSPS) is 13.1. The Hall–Kier alpha value is -2.04. The number of halogens is 1. The molecule has 2 aromatic carbocycles. The van der Waals surface area contributed by atoms with Gasteiger partial charge < -0.3 is 29.6 Å². The van der Waals surface area contributed by atoms with Crippen LogP contribution in [0.15, 0.2) is 47.5 Å². The third kappa shape index (κ3) is 8.84. The molecular formula is C24H34IN3O4. The number of aliphatic imine (C=N–C) groups is 1. The third-order valence-electron chi connectivity index (χ3n) is 4.61. The van der Waals surface area contributed by atoms with Gasteiger partial charge in [-0.25, -0.2) is 4.99 Å². The van der Waals surface area contributed by atoms with Crippen LogP contribution in [0, 0.1) is 0 Å². The minimum absolute atomic E-state index is 0. The van der Waals surface area contributed by atoms with E-state index in [2.05, 4.69) is 28.8 Å². The van der Waals surface area contributed by atoms with Crippen molar-refractivity contribution in [2.45, 2.75) is 33.4 Å². The van der Waals surface area contributed by atoms with Crippen LogP contribution in [-0.4, -0.2) is 45.5 Å². The molecule has 0 radical (unpaired) electrons. The van der Waals surface area contributed by atoms with E-state index in [0.29, 0.717) is 46.2 Å². The summed E-state index contributed by atoms with van der Waals surface area (Å²) in [7, 11) is 0. The van der Waals surface area contributed by atoms with Crippen LogP contribution in [0.3, 0.4) is 0 Å². The average molecular weight is 555 g/mol. The first-order chi connectivity index (χ1) is 15.3. The second-order valence-corrected chi connectivity index (χ2v) is 7.10. The van der Waals surface area contributed by atoms with Crippen LogP contribution in [-0.2, 0) is 22.6 Å². The number of anilines is 1. The summed E-state index contributed by atoms with van der Waals surface area (Å²) in [6.07, 6.45) is 0.887. The Bertz CT molecular complexity index is 848. The Morgan fingerprint density at radius 2 is 1.75 bits per heavy atom. The van der Waals surface area contributed by atoms with Gasteiger partial charge in [-0.1, -0.05) is 24.3 Å². The number of rotatable bonds is 10. The molecule has 1 heterocycles. The molecule has 3 rings (SSSR count). The Balaban J connectivity index is 0.00000363. The van der Waals surface area contributed by atoms with Crippen LogP contribution < -0.4 is 20.1 Å². The monoisotopic (exact) mass is 555 g/mol. The highest BCUT2D eigenvalue weighted by Gasteiger charge is 2.11. The molecule has 1 aliphatic rings. The molecular weight excluding hydrogens is 521 g/mol. The average Bonchev–Trinajstić information content (AvgIpc) is 3.03. The van der Waals surface area contributed by atoms with Crippen molar-refractivity contribution in [3.63, 3.8) is 0 Å². The lowest BCUT2D eigenvalue weighted by atomic mass is 10.1. The third-order valence-corrected chi connectivity index (χ3v) is 4.61. The van der Waals surface area contributed by atoms with Crippen molar-refractivity contribution in [2.24, 2.45) is 4.99 Å². The fourth-order valence-corrected chi connectivity index (χ4v) is 3.13.